The molecule has 1 aliphatic rings. The van der Waals surface area contributed by atoms with E-state index in [0.717, 1.165) is 5.69 Å². The van der Waals surface area contributed by atoms with E-state index in [4.69, 9.17) is 14.2 Å². The van der Waals surface area contributed by atoms with Gasteiger partial charge in [-0.1, -0.05) is 0 Å². The number of nitrogens with zero attached hydrogens (tertiary/aromatic N) is 2. The lowest BCUT2D eigenvalue weighted by Gasteiger charge is -2.36. The molecular weight excluding hydrogens is 340 g/mol. The number of carbonyl (C=O) groups excluding carboxylic acids is 1. The number of amides is 1. The molecule has 2 atom stereocenters. The van der Waals surface area contributed by atoms with Crippen molar-refractivity contribution in [2.45, 2.75) is 32.6 Å². The predicted molar refractivity (Wildman–Crippen MR) is 95.4 cm³/mol. The number of rotatable bonds is 5. The highest BCUT2D eigenvalue weighted by Crippen LogP contribution is 2.30. The van der Waals surface area contributed by atoms with Crippen LogP contribution in [0.4, 0.5) is 0 Å². The highest BCUT2D eigenvalue weighted by molar-refractivity contribution is 7.07. The van der Waals surface area contributed by atoms with Crippen molar-refractivity contribution in [3.63, 3.8) is 0 Å². The van der Waals surface area contributed by atoms with Crippen LogP contribution in [0, 0.1) is 0 Å². The molecule has 1 aromatic carbocycles. The van der Waals surface area contributed by atoms with Crippen LogP contribution in [-0.2, 0) is 11.3 Å². The second-order valence-corrected chi connectivity index (χ2v) is 6.80. The Hall–Kier alpha value is -2.12. The van der Waals surface area contributed by atoms with Gasteiger partial charge in [0.1, 0.15) is 6.61 Å². The van der Waals surface area contributed by atoms with Gasteiger partial charge in [-0.25, -0.2) is 4.98 Å². The van der Waals surface area contributed by atoms with Crippen LogP contribution >= 0.6 is 11.3 Å². The third-order valence-corrected chi connectivity index (χ3v) is 4.77. The van der Waals surface area contributed by atoms with E-state index in [1.54, 1.807) is 30.8 Å². The van der Waals surface area contributed by atoms with Gasteiger partial charge in [-0.2, -0.15) is 0 Å². The smallest absolute Gasteiger partial charge is 0.254 e. The number of aromatic nitrogens is 1. The lowest BCUT2D eigenvalue weighted by molar-refractivity contribution is -0.0387. The molecule has 2 unspecified atom stereocenters. The zero-order valence-corrected chi connectivity index (χ0v) is 15.4. The summed E-state index contributed by atoms with van der Waals surface area (Å²) in [5.74, 6) is 1.11. The predicted octanol–water partition coefficient (Wildman–Crippen LogP) is 2.98. The van der Waals surface area contributed by atoms with Crippen molar-refractivity contribution in [1.82, 2.24) is 9.88 Å². The van der Waals surface area contributed by atoms with Gasteiger partial charge in [-0.05, 0) is 32.0 Å². The summed E-state index contributed by atoms with van der Waals surface area (Å²) >= 11 is 1.52. The molecule has 1 saturated heterocycles. The number of methoxy groups -OCH3 is 1. The summed E-state index contributed by atoms with van der Waals surface area (Å²) in [5.41, 5.74) is 3.21. The zero-order valence-electron chi connectivity index (χ0n) is 14.6. The Kier molecular flexibility index (Phi) is 5.55. The molecule has 0 N–H and O–H groups in total. The molecule has 0 spiro atoms. The van der Waals surface area contributed by atoms with E-state index >= 15 is 0 Å². The van der Waals surface area contributed by atoms with Gasteiger partial charge >= 0.3 is 0 Å². The largest absolute Gasteiger partial charge is 0.493 e. The number of benzene rings is 1. The standard InChI is InChI=1S/C18H22N2O4S/c1-12-8-23-13(2)7-20(12)18(21)14-4-5-16(17(6-14)22-3)24-9-15-10-25-11-19-15/h4-6,10-13H,7-9H2,1-3H3. The van der Waals surface area contributed by atoms with Crippen LogP contribution in [0.3, 0.4) is 0 Å². The maximum Gasteiger partial charge on any atom is 0.254 e. The first-order valence-corrected chi connectivity index (χ1v) is 9.13. The third kappa shape index (κ3) is 4.11. The van der Waals surface area contributed by atoms with E-state index in [-0.39, 0.29) is 18.1 Å². The van der Waals surface area contributed by atoms with Gasteiger partial charge in [0.25, 0.3) is 5.91 Å². The van der Waals surface area contributed by atoms with Crippen molar-refractivity contribution in [1.29, 1.82) is 0 Å². The van der Waals surface area contributed by atoms with E-state index in [9.17, 15) is 4.79 Å². The number of hydrogen-bond acceptors (Lipinski definition) is 6. The molecule has 3 rings (SSSR count). The summed E-state index contributed by atoms with van der Waals surface area (Å²) in [4.78, 5) is 18.9. The van der Waals surface area contributed by atoms with E-state index < -0.39 is 0 Å². The average Bonchev–Trinajstić information content (AvgIpc) is 3.14. The van der Waals surface area contributed by atoms with Gasteiger partial charge in [0, 0.05) is 17.5 Å². The minimum Gasteiger partial charge on any atom is -0.493 e. The van der Waals surface area contributed by atoms with Gasteiger partial charge < -0.3 is 19.1 Å². The monoisotopic (exact) mass is 362 g/mol. The van der Waals surface area contributed by atoms with Crippen molar-refractivity contribution < 1.29 is 19.0 Å². The van der Waals surface area contributed by atoms with Crippen LogP contribution < -0.4 is 9.47 Å². The number of thiazole rings is 1. The van der Waals surface area contributed by atoms with E-state index in [1.165, 1.54) is 11.3 Å². The van der Waals surface area contributed by atoms with Crippen LogP contribution in [0.15, 0.2) is 29.1 Å². The third-order valence-electron chi connectivity index (χ3n) is 4.14. The summed E-state index contributed by atoms with van der Waals surface area (Å²) in [6, 6.07) is 5.32. The molecule has 1 aromatic heterocycles. The molecule has 25 heavy (non-hydrogen) atoms. The first-order valence-electron chi connectivity index (χ1n) is 8.19. The van der Waals surface area contributed by atoms with Crippen LogP contribution in [-0.4, -0.2) is 48.2 Å². The molecular formula is C18H22N2O4S. The Morgan fingerprint density at radius 2 is 2.24 bits per heavy atom. The quantitative estimate of drug-likeness (QED) is 0.818. The normalized spacial score (nSPS) is 20.4. The number of carbonyl (C=O) groups is 1. The van der Waals surface area contributed by atoms with Gasteiger partial charge in [0.2, 0.25) is 0 Å². The van der Waals surface area contributed by atoms with Crippen LogP contribution in [0.25, 0.3) is 0 Å². The molecule has 0 radical (unpaired) electrons. The molecule has 0 aliphatic carbocycles. The molecule has 0 saturated carbocycles. The van der Waals surface area contributed by atoms with Gasteiger partial charge in [-0.15, -0.1) is 11.3 Å². The first-order chi connectivity index (χ1) is 12.1. The van der Waals surface area contributed by atoms with Crippen molar-refractivity contribution >= 4 is 17.2 Å². The fourth-order valence-electron chi connectivity index (χ4n) is 2.73. The van der Waals surface area contributed by atoms with Crippen LogP contribution in [0.5, 0.6) is 11.5 Å². The molecule has 2 heterocycles. The lowest BCUT2D eigenvalue weighted by Crippen LogP contribution is -2.50. The topological polar surface area (TPSA) is 60.9 Å². The van der Waals surface area contributed by atoms with Gasteiger partial charge in [0.05, 0.1) is 37.1 Å². The van der Waals surface area contributed by atoms with Crippen molar-refractivity contribution in [2.24, 2.45) is 0 Å². The molecule has 7 heteroatoms. The highest BCUT2D eigenvalue weighted by Gasteiger charge is 2.28. The summed E-state index contributed by atoms with van der Waals surface area (Å²) in [6.45, 7) is 5.48. The second-order valence-electron chi connectivity index (χ2n) is 6.08. The minimum atomic E-state index is -0.0213. The zero-order chi connectivity index (χ0) is 17.8. The Morgan fingerprint density at radius 1 is 1.40 bits per heavy atom. The summed E-state index contributed by atoms with van der Waals surface area (Å²) in [6.07, 6.45) is 0.0442. The highest BCUT2D eigenvalue weighted by atomic mass is 32.1. The summed E-state index contributed by atoms with van der Waals surface area (Å²) in [7, 11) is 1.57. The van der Waals surface area contributed by atoms with Crippen LogP contribution in [0.1, 0.15) is 29.9 Å². The molecule has 2 aromatic rings. The summed E-state index contributed by atoms with van der Waals surface area (Å²) < 4.78 is 16.8. The lowest BCUT2D eigenvalue weighted by atomic mass is 10.1. The van der Waals surface area contributed by atoms with Gasteiger partial charge in [0.15, 0.2) is 11.5 Å². The van der Waals surface area contributed by atoms with E-state index in [1.807, 2.05) is 24.1 Å². The van der Waals surface area contributed by atoms with Crippen molar-refractivity contribution in [3.05, 3.63) is 40.3 Å². The number of ether oxygens (including phenoxy) is 3. The average molecular weight is 362 g/mol. The molecule has 1 aliphatic heterocycles. The Balaban J connectivity index is 1.75. The maximum absolute atomic E-state index is 12.8. The van der Waals surface area contributed by atoms with Crippen molar-refractivity contribution in [3.8, 4) is 11.5 Å². The second kappa shape index (κ2) is 7.84. The summed E-state index contributed by atoms with van der Waals surface area (Å²) in [5, 5.41) is 1.94. The number of morpholine rings is 1. The van der Waals surface area contributed by atoms with Crippen molar-refractivity contribution in [2.75, 3.05) is 20.3 Å². The van der Waals surface area contributed by atoms with E-state index in [0.29, 0.717) is 36.8 Å². The Bertz CT molecular complexity index is 720. The molecule has 6 nitrogen and oxygen atoms in total. The SMILES string of the molecule is COc1cc(C(=O)N2CC(C)OCC2C)ccc1OCc1cscn1. The fourth-order valence-corrected chi connectivity index (χ4v) is 3.28. The Morgan fingerprint density at radius 3 is 2.96 bits per heavy atom. The van der Waals surface area contributed by atoms with Crippen LogP contribution in [0.2, 0.25) is 0 Å². The number of hydrogen-bond donors (Lipinski definition) is 0. The molecule has 134 valence electrons. The van der Waals surface area contributed by atoms with E-state index in [2.05, 4.69) is 4.98 Å². The molecule has 1 amide bonds. The minimum absolute atomic E-state index is 0.0213. The first kappa shape index (κ1) is 17.7. The Labute approximate surface area is 151 Å². The van der Waals surface area contributed by atoms with Gasteiger partial charge in [-0.3, -0.25) is 4.79 Å². The fraction of sp³-hybridized carbons (Fsp3) is 0.444. The molecule has 0 bridgehead atoms. The molecule has 1 fully saturated rings. The maximum atomic E-state index is 12.8.